The van der Waals surface area contributed by atoms with E-state index in [1.54, 1.807) is 18.6 Å². The molecule has 0 saturated carbocycles. The molecule has 5 heteroatoms. The lowest BCUT2D eigenvalue weighted by atomic mass is 9.88. The molecular formula is C11H13N3O2. The summed E-state index contributed by atoms with van der Waals surface area (Å²) < 4.78 is 5.65. The van der Waals surface area contributed by atoms with Crippen molar-refractivity contribution in [1.82, 2.24) is 9.97 Å². The van der Waals surface area contributed by atoms with Gasteiger partial charge in [0.1, 0.15) is 0 Å². The molecule has 0 unspecified atom stereocenters. The second-order valence-corrected chi connectivity index (χ2v) is 4.30. The first-order valence-electron chi connectivity index (χ1n) is 5.55. The van der Waals surface area contributed by atoms with Crippen molar-refractivity contribution in [2.75, 3.05) is 5.32 Å². The molecule has 84 valence electrons. The molecule has 2 aliphatic rings. The maximum atomic E-state index is 11.9. The van der Waals surface area contributed by atoms with Crippen LogP contribution in [0.4, 0.5) is 5.82 Å². The minimum absolute atomic E-state index is 0.00713. The third kappa shape index (κ3) is 1.67. The van der Waals surface area contributed by atoms with Crippen LogP contribution in [0.25, 0.3) is 0 Å². The Balaban J connectivity index is 1.66. The lowest BCUT2D eigenvalue weighted by Crippen LogP contribution is -2.30. The van der Waals surface area contributed by atoms with Crippen LogP contribution in [0, 0.1) is 5.92 Å². The number of nitrogens with one attached hydrogen (secondary N) is 1. The zero-order valence-corrected chi connectivity index (χ0v) is 8.80. The minimum atomic E-state index is -0.0132. The quantitative estimate of drug-likeness (QED) is 0.805. The van der Waals surface area contributed by atoms with Gasteiger partial charge in [-0.1, -0.05) is 0 Å². The van der Waals surface area contributed by atoms with Gasteiger partial charge in [0, 0.05) is 12.4 Å². The summed E-state index contributed by atoms with van der Waals surface area (Å²) in [6.07, 6.45) is 8.04. The number of amides is 1. The van der Waals surface area contributed by atoms with E-state index < -0.39 is 0 Å². The molecule has 2 aliphatic heterocycles. The molecule has 1 aromatic rings. The zero-order valence-electron chi connectivity index (χ0n) is 8.80. The Morgan fingerprint density at radius 2 is 2.38 bits per heavy atom. The van der Waals surface area contributed by atoms with Crippen LogP contribution < -0.4 is 5.32 Å². The largest absolute Gasteiger partial charge is 0.374 e. The van der Waals surface area contributed by atoms with E-state index in [9.17, 15) is 4.79 Å². The van der Waals surface area contributed by atoms with Crippen LogP contribution in [0.2, 0.25) is 0 Å². The van der Waals surface area contributed by atoms with Crippen LogP contribution in [0.3, 0.4) is 0 Å². The van der Waals surface area contributed by atoms with Crippen LogP contribution >= 0.6 is 0 Å². The van der Waals surface area contributed by atoms with Gasteiger partial charge in [0.2, 0.25) is 5.91 Å². The molecular weight excluding hydrogens is 206 g/mol. The fourth-order valence-electron chi connectivity index (χ4n) is 2.50. The van der Waals surface area contributed by atoms with Crippen LogP contribution in [0.5, 0.6) is 0 Å². The number of hydrogen-bond acceptors (Lipinski definition) is 4. The summed E-state index contributed by atoms with van der Waals surface area (Å²) >= 11 is 0. The van der Waals surface area contributed by atoms with E-state index in [1.165, 1.54) is 0 Å². The van der Waals surface area contributed by atoms with Gasteiger partial charge in [-0.15, -0.1) is 0 Å². The Kier molecular flexibility index (Phi) is 2.32. The second kappa shape index (κ2) is 3.83. The lowest BCUT2D eigenvalue weighted by molar-refractivity contribution is -0.121. The number of carbonyl (C=O) groups excluding carboxylic acids is 1. The average Bonchev–Trinajstić information content (AvgIpc) is 2.92. The van der Waals surface area contributed by atoms with Crippen molar-refractivity contribution in [2.24, 2.45) is 5.92 Å². The Morgan fingerprint density at radius 1 is 1.44 bits per heavy atom. The highest BCUT2D eigenvalue weighted by Crippen LogP contribution is 2.39. The SMILES string of the molecule is O=C(Nc1cnccn1)[C@H]1C[C@H]2CC[C@H]1O2. The van der Waals surface area contributed by atoms with Crippen LogP contribution in [-0.2, 0) is 9.53 Å². The predicted molar refractivity (Wildman–Crippen MR) is 56.7 cm³/mol. The van der Waals surface area contributed by atoms with Crippen molar-refractivity contribution in [2.45, 2.75) is 31.5 Å². The van der Waals surface area contributed by atoms with E-state index in [-0.39, 0.29) is 17.9 Å². The van der Waals surface area contributed by atoms with E-state index >= 15 is 0 Å². The Bertz CT molecular complexity index is 395. The van der Waals surface area contributed by atoms with Gasteiger partial charge in [-0.2, -0.15) is 0 Å². The van der Waals surface area contributed by atoms with Crippen LogP contribution in [-0.4, -0.2) is 28.1 Å². The highest BCUT2D eigenvalue weighted by Gasteiger charge is 2.44. The highest BCUT2D eigenvalue weighted by molar-refractivity contribution is 5.92. The van der Waals surface area contributed by atoms with Crippen LogP contribution in [0.15, 0.2) is 18.6 Å². The number of carbonyl (C=O) groups is 1. The normalized spacial score (nSPS) is 31.6. The third-order valence-electron chi connectivity index (χ3n) is 3.26. The van der Waals surface area contributed by atoms with Gasteiger partial charge in [0.05, 0.1) is 24.3 Å². The number of aromatic nitrogens is 2. The molecule has 1 aromatic heterocycles. The van der Waals surface area contributed by atoms with E-state index in [4.69, 9.17) is 4.74 Å². The van der Waals surface area contributed by atoms with Crippen molar-refractivity contribution in [3.8, 4) is 0 Å². The molecule has 0 spiro atoms. The molecule has 1 amide bonds. The second-order valence-electron chi connectivity index (χ2n) is 4.30. The predicted octanol–water partition coefficient (Wildman–Crippen LogP) is 0.983. The average molecular weight is 219 g/mol. The Labute approximate surface area is 93.2 Å². The van der Waals surface area contributed by atoms with Gasteiger partial charge in [-0.3, -0.25) is 9.78 Å². The number of nitrogens with zero attached hydrogens (tertiary/aromatic N) is 2. The smallest absolute Gasteiger partial charge is 0.231 e. The van der Waals surface area contributed by atoms with Gasteiger partial charge >= 0.3 is 0 Å². The summed E-state index contributed by atoms with van der Waals surface area (Å²) in [6, 6.07) is 0. The van der Waals surface area contributed by atoms with Gasteiger partial charge < -0.3 is 10.1 Å². The first-order chi connectivity index (χ1) is 7.83. The van der Waals surface area contributed by atoms with Crippen LogP contribution in [0.1, 0.15) is 19.3 Å². The molecule has 0 aliphatic carbocycles. The maximum absolute atomic E-state index is 11.9. The molecule has 0 radical (unpaired) electrons. The maximum Gasteiger partial charge on any atom is 0.231 e. The number of hydrogen-bond donors (Lipinski definition) is 1. The monoisotopic (exact) mass is 219 g/mol. The lowest BCUT2D eigenvalue weighted by Gasteiger charge is -2.17. The molecule has 2 bridgehead atoms. The summed E-state index contributed by atoms with van der Waals surface area (Å²) in [5, 5.41) is 2.78. The van der Waals surface area contributed by atoms with E-state index in [0.29, 0.717) is 11.9 Å². The minimum Gasteiger partial charge on any atom is -0.374 e. The molecule has 3 heterocycles. The van der Waals surface area contributed by atoms with Crippen molar-refractivity contribution in [3.63, 3.8) is 0 Å². The summed E-state index contributed by atoms with van der Waals surface area (Å²) in [6.45, 7) is 0. The topological polar surface area (TPSA) is 64.1 Å². The van der Waals surface area contributed by atoms with Gasteiger partial charge in [0.25, 0.3) is 0 Å². The number of fused-ring (bicyclic) bond motifs is 2. The summed E-state index contributed by atoms with van der Waals surface area (Å²) in [5.41, 5.74) is 0. The number of rotatable bonds is 2. The Hall–Kier alpha value is -1.49. The van der Waals surface area contributed by atoms with Crippen molar-refractivity contribution in [1.29, 1.82) is 0 Å². The van der Waals surface area contributed by atoms with Crippen molar-refractivity contribution < 1.29 is 9.53 Å². The van der Waals surface area contributed by atoms with Gasteiger partial charge in [0.15, 0.2) is 5.82 Å². The fourth-order valence-corrected chi connectivity index (χ4v) is 2.50. The molecule has 0 aromatic carbocycles. The summed E-state index contributed by atoms with van der Waals surface area (Å²) in [7, 11) is 0. The first kappa shape index (κ1) is 9.72. The molecule has 5 nitrogen and oxygen atoms in total. The van der Waals surface area contributed by atoms with E-state index in [2.05, 4.69) is 15.3 Å². The van der Waals surface area contributed by atoms with E-state index in [0.717, 1.165) is 19.3 Å². The standard InChI is InChI=1S/C11H13N3O2/c15-11(14-10-6-12-3-4-13-10)8-5-7-1-2-9(8)16-7/h3-4,6-9H,1-2,5H2,(H,13,14,15)/t7-,8+,9-/m1/s1. The fraction of sp³-hybridized carbons (Fsp3) is 0.545. The highest BCUT2D eigenvalue weighted by atomic mass is 16.5. The third-order valence-corrected chi connectivity index (χ3v) is 3.26. The zero-order chi connectivity index (χ0) is 11.0. The molecule has 3 rings (SSSR count). The van der Waals surface area contributed by atoms with Crippen molar-refractivity contribution in [3.05, 3.63) is 18.6 Å². The van der Waals surface area contributed by atoms with Gasteiger partial charge in [-0.25, -0.2) is 4.98 Å². The molecule has 1 N–H and O–H groups in total. The summed E-state index contributed by atoms with van der Waals surface area (Å²) in [4.78, 5) is 19.9. The summed E-state index contributed by atoms with van der Waals surface area (Å²) in [5.74, 6) is 0.503. The molecule has 3 atom stereocenters. The molecule has 2 fully saturated rings. The number of anilines is 1. The van der Waals surface area contributed by atoms with E-state index in [1.807, 2.05) is 0 Å². The Morgan fingerprint density at radius 3 is 3.00 bits per heavy atom. The van der Waals surface area contributed by atoms with Crippen molar-refractivity contribution >= 4 is 11.7 Å². The molecule has 16 heavy (non-hydrogen) atoms. The first-order valence-corrected chi connectivity index (χ1v) is 5.55. The molecule has 2 saturated heterocycles. The number of ether oxygens (including phenoxy) is 1. The van der Waals surface area contributed by atoms with Gasteiger partial charge in [-0.05, 0) is 19.3 Å².